The van der Waals surface area contributed by atoms with E-state index in [4.69, 9.17) is 5.73 Å². The standard InChI is InChI=1S/C13H16N4O2/c1-2-17(7-11(14)18)8-12-15-10-6-4-3-5-9(10)13(19)16-12/h3-6H,2,7-8H2,1H3,(H2,14,18)(H,15,16,19). The molecular formula is C13H16N4O2. The molecule has 0 saturated carbocycles. The molecule has 0 radical (unpaired) electrons. The molecule has 0 spiro atoms. The Hall–Kier alpha value is -2.21. The minimum Gasteiger partial charge on any atom is -0.369 e. The number of likely N-dealkylation sites (N-methyl/N-ethyl adjacent to an activating group) is 1. The smallest absolute Gasteiger partial charge is 0.258 e. The number of carbonyl (C=O) groups excluding carboxylic acids is 1. The van der Waals surface area contributed by atoms with E-state index >= 15 is 0 Å². The van der Waals surface area contributed by atoms with E-state index in [0.29, 0.717) is 29.8 Å². The summed E-state index contributed by atoms with van der Waals surface area (Å²) in [6.07, 6.45) is 0. The molecule has 1 aromatic heterocycles. The molecular weight excluding hydrogens is 244 g/mol. The number of primary amides is 1. The lowest BCUT2D eigenvalue weighted by molar-refractivity contribution is -0.119. The van der Waals surface area contributed by atoms with E-state index in [1.807, 2.05) is 17.9 Å². The molecule has 0 aliphatic carbocycles. The lowest BCUT2D eigenvalue weighted by Crippen LogP contribution is -2.34. The summed E-state index contributed by atoms with van der Waals surface area (Å²) in [5.74, 6) is 0.136. The third kappa shape index (κ3) is 3.17. The van der Waals surface area contributed by atoms with Crippen molar-refractivity contribution in [3.8, 4) is 0 Å². The van der Waals surface area contributed by atoms with Crippen molar-refractivity contribution in [1.82, 2.24) is 14.9 Å². The van der Waals surface area contributed by atoms with Gasteiger partial charge in [-0.15, -0.1) is 0 Å². The van der Waals surface area contributed by atoms with Gasteiger partial charge in [-0.25, -0.2) is 4.98 Å². The molecule has 1 heterocycles. The predicted molar refractivity (Wildman–Crippen MR) is 72.5 cm³/mol. The third-order valence-electron chi connectivity index (χ3n) is 2.86. The highest BCUT2D eigenvalue weighted by molar-refractivity contribution is 5.77. The zero-order chi connectivity index (χ0) is 13.8. The fourth-order valence-electron chi connectivity index (χ4n) is 1.92. The Bertz CT molecular complexity index is 650. The van der Waals surface area contributed by atoms with Gasteiger partial charge in [0.05, 0.1) is 24.0 Å². The first-order chi connectivity index (χ1) is 9.10. The molecule has 6 heteroatoms. The zero-order valence-corrected chi connectivity index (χ0v) is 10.7. The third-order valence-corrected chi connectivity index (χ3v) is 2.86. The number of nitrogens with two attached hydrogens (primary N) is 1. The molecule has 6 nitrogen and oxygen atoms in total. The Morgan fingerprint density at radius 2 is 2.16 bits per heavy atom. The number of benzene rings is 1. The molecule has 1 aromatic carbocycles. The highest BCUT2D eigenvalue weighted by atomic mass is 16.1. The molecule has 1 amide bonds. The summed E-state index contributed by atoms with van der Waals surface area (Å²) in [5.41, 5.74) is 5.65. The summed E-state index contributed by atoms with van der Waals surface area (Å²) in [6, 6.07) is 7.15. The second-order valence-electron chi connectivity index (χ2n) is 4.30. The molecule has 2 rings (SSSR count). The van der Waals surface area contributed by atoms with Crippen molar-refractivity contribution in [1.29, 1.82) is 0 Å². The summed E-state index contributed by atoms with van der Waals surface area (Å²) >= 11 is 0. The zero-order valence-electron chi connectivity index (χ0n) is 10.7. The quantitative estimate of drug-likeness (QED) is 0.805. The van der Waals surface area contributed by atoms with E-state index in [-0.39, 0.29) is 12.1 Å². The van der Waals surface area contributed by atoms with Crippen LogP contribution in [-0.2, 0) is 11.3 Å². The first-order valence-corrected chi connectivity index (χ1v) is 6.08. The summed E-state index contributed by atoms with van der Waals surface area (Å²) in [6.45, 7) is 3.11. The molecule has 19 heavy (non-hydrogen) atoms. The van der Waals surface area contributed by atoms with Crippen molar-refractivity contribution in [2.24, 2.45) is 5.73 Å². The van der Waals surface area contributed by atoms with Gasteiger partial charge in [-0.05, 0) is 18.7 Å². The maximum Gasteiger partial charge on any atom is 0.258 e. The van der Waals surface area contributed by atoms with Gasteiger partial charge in [0, 0.05) is 0 Å². The number of hydrogen-bond donors (Lipinski definition) is 2. The fourth-order valence-corrected chi connectivity index (χ4v) is 1.92. The second kappa shape index (κ2) is 5.62. The van der Waals surface area contributed by atoms with Gasteiger partial charge in [-0.1, -0.05) is 19.1 Å². The van der Waals surface area contributed by atoms with Crippen LogP contribution in [-0.4, -0.2) is 33.9 Å². The van der Waals surface area contributed by atoms with Crippen LogP contribution in [0.4, 0.5) is 0 Å². The number of nitrogens with zero attached hydrogens (tertiary/aromatic N) is 2. The van der Waals surface area contributed by atoms with Gasteiger partial charge in [0.1, 0.15) is 5.82 Å². The van der Waals surface area contributed by atoms with Crippen molar-refractivity contribution < 1.29 is 4.79 Å². The van der Waals surface area contributed by atoms with Gasteiger partial charge in [-0.3, -0.25) is 14.5 Å². The minimum atomic E-state index is -0.398. The van der Waals surface area contributed by atoms with Crippen LogP contribution in [0, 0.1) is 0 Å². The Morgan fingerprint density at radius 1 is 1.42 bits per heavy atom. The van der Waals surface area contributed by atoms with Crippen LogP contribution in [0.25, 0.3) is 10.9 Å². The van der Waals surface area contributed by atoms with Crippen molar-refractivity contribution in [2.75, 3.05) is 13.1 Å². The van der Waals surface area contributed by atoms with Crippen LogP contribution in [0.2, 0.25) is 0 Å². The Kier molecular flexibility index (Phi) is 3.91. The van der Waals surface area contributed by atoms with Gasteiger partial charge in [0.15, 0.2) is 0 Å². The highest BCUT2D eigenvalue weighted by Crippen LogP contribution is 2.06. The van der Waals surface area contributed by atoms with Gasteiger partial charge >= 0.3 is 0 Å². The number of rotatable bonds is 5. The minimum absolute atomic E-state index is 0.146. The first kappa shape index (κ1) is 13.2. The van der Waals surface area contributed by atoms with Gasteiger partial charge in [0.2, 0.25) is 5.91 Å². The maximum absolute atomic E-state index is 11.9. The monoisotopic (exact) mass is 260 g/mol. The maximum atomic E-state index is 11.9. The summed E-state index contributed by atoms with van der Waals surface area (Å²) < 4.78 is 0. The number of fused-ring (bicyclic) bond motifs is 1. The lowest BCUT2D eigenvalue weighted by atomic mass is 10.2. The van der Waals surface area contributed by atoms with Crippen molar-refractivity contribution >= 4 is 16.8 Å². The first-order valence-electron chi connectivity index (χ1n) is 6.08. The van der Waals surface area contributed by atoms with E-state index in [1.165, 1.54) is 0 Å². The highest BCUT2D eigenvalue weighted by Gasteiger charge is 2.10. The normalized spacial score (nSPS) is 11.1. The number of carbonyl (C=O) groups is 1. The summed E-state index contributed by atoms with van der Waals surface area (Å²) in [4.78, 5) is 31.7. The van der Waals surface area contributed by atoms with Crippen molar-refractivity contribution in [3.05, 3.63) is 40.4 Å². The van der Waals surface area contributed by atoms with Gasteiger partial charge < -0.3 is 10.7 Å². The Morgan fingerprint density at radius 3 is 2.84 bits per heavy atom. The second-order valence-corrected chi connectivity index (χ2v) is 4.30. The number of nitrogens with one attached hydrogen (secondary N) is 1. The molecule has 0 unspecified atom stereocenters. The van der Waals surface area contributed by atoms with Gasteiger partial charge in [-0.2, -0.15) is 0 Å². The molecule has 0 saturated heterocycles. The van der Waals surface area contributed by atoms with E-state index < -0.39 is 5.91 Å². The van der Waals surface area contributed by atoms with E-state index in [1.54, 1.807) is 18.2 Å². The predicted octanol–water partition coefficient (Wildman–Crippen LogP) is 0.230. The number of aromatic amines is 1. The number of amides is 1. The number of H-pyrrole nitrogens is 1. The molecule has 0 aliphatic rings. The summed E-state index contributed by atoms with van der Waals surface area (Å²) in [7, 11) is 0. The molecule has 0 aliphatic heterocycles. The van der Waals surface area contributed by atoms with Crippen LogP contribution >= 0.6 is 0 Å². The number of aromatic nitrogens is 2. The van der Waals surface area contributed by atoms with Crippen LogP contribution < -0.4 is 11.3 Å². The van der Waals surface area contributed by atoms with Gasteiger partial charge in [0.25, 0.3) is 5.56 Å². The molecule has 3 N–H and O–H groups in total. The number of hydrogen-bond acceptors (Lipinski definition) is 4. The summed E-state index contributed by atoms with van der Waals surface area (Å²) in [5, 5.41) is 0.559. The average molecular weight is 260 g/mol. The van der Waals surface area contributed by atoms with E-state index in [2.05, 4.69) is 9.97 Å². The topological polar surface area (TPSA) is 92.1 Å². The van der Waals surface area contributed by atoms with Crippen molar-refractivity contribution in [3.63, 3.8) is 0 Å². The molecule has 2 aromatic rings. The van der Waals surface area contributed by atoms with E-state index in [0.717, 1.165) is 0 Å². The molecule has 0 atom stereocenters. The molecule has 0 bridgehead atoms. The lowest BCUT2D eigenvalue weighted by Gasteiger charge is -2.17. The van der Waals surface area contributed by atoms with Crippen LogP contribution in [0.15, 0.2) is 29.1 Å². The molecule has 0 fully saturated rings. The van der Waals surface area contributed by atoms with E-state index in [9.17, 15) is 9.59 Å². The fraction of sp³-hybridized carbons (Fsp3) is 0.308. The van der Waals surface area contributed by atoms with Crippen LogP contribution in [0.3, 0.4) is 0 Å². The average Bonchev–Trinajstić information content (AvgIpc) is 2.37. The Balaban J connectivity index is 2.30. The number of para-hydroxylation sites is 1. The molecule has 100 valence electrons. The Labute approximate surface area is 110 Å². The SMILES string of the molecule is CCN(CC(N)=O)Cc1nc2ccccc2c(=O)[nH]1. The van der Waals surface area contributed by atoms with Crippen LogP contribution in [0.1, 0.15) is 12.7 Å². The van der Waals surface area contributed by atoms with Crippen molar-refractivity contribution in [2.45, 2.75) is 13.5 Å². The van der Waals surface area contributed by atoms with Crippen LogP contribution in [0.5, 0.6) is 0 Å². The largest absolute Gasteiger partial charge is 0.369 e.